The zero-order valence-corrected chi connectivity index (χ0v) is 22.6. The predicted octanol–water partition coefficient (Wildman–Crippen LogP) is 6.34. The Hall–Kier alpha value is -3.33. The van der Waals surface area contributed by atoms with Crippen molar-refractivity contribution in [2.75, 3.05) is 25.0 Å². The summed E-state index contributed by atoms with van der Waals surface area (Å²) in [7, 11) is 0. The van der Waals surface area contributed by atoms with E-state index in [2.05, 4.69) is 36.2 Å². The summed E-state index contributed by atoms with van der Waals surface area (Å²) in [6.07, 6.45) is -0.966. The Morgan fingerprint density at radius 2 is 2.13 bits per heavy atom. The van der Waals surface area contributed by atoms with Crippen LogP contribution in [0.2, 0.25) is 0 Å². The Labute approximate surface area is 225 Å². The summed E-state index contributed by atoms with van der Waals surface area (Å²) in [5.74, 6) is 0.344. The highest BCUT2D eigenvalue weighted by molar-refractivity contribution is 9.10. The third kappa shape index (κ3) is 4.91. The van der Waals surface area contributed by atoms with Gasteiger partial charge in [-0.2, -0.15) is 18.4 Å². The van der Waals surface area contributed by atoms with Gasteiger partial charge in [-0.25, -0.2) is 14.8 Å². The van der Waals surface area contributed by atoms with Crippen molar-refractivity contribution in [3.8, 4) is 17.3 Å². The van der Waals surface area contributed by atoms with Gasteiger partial charge in [0, 0.05) is 43.0 Å². The number of alkyl halides is 3. The molecule has 5 rings (SSSR count). The summed E-state index contributed by atoms with van der Waals surface area (Å²) < 4.78 is 47.6. The lowest BCUT2D eigenvalue weighted by atomic mass is 10.0. The van der Waals surface area contributed by atoms with Crippen LogP contribution < -0.4 is 5.32 Å². The molecule has 1 amide bonds. The molecule has 1 aromatic carbocycles. The van der Waals surface area contributed by atoms with E-state index in [9.17, 15) is 23.2 Å². The van der Waals surface area contributed by atoms with Crippen LogP contribution in [0.4, 0.5) is 23.9 Å². The van der Waals surface area contributed by atoms with E-state index in [1.54, 1.807) is 17.0 Å². The third-order valence-electron chi connectivity index (χ3n) is 7.17. The number of benzene rings is 1. The Balaban J connectivity index is 1.34. The minimum Gasteiger partial charge on any atom is -0.444 e. The fraction of sp³-hybridized carbons (Fsp3) is 0.462. The number of hydrogen-bond donors (Lipinski definition) is 2. The molecule has 2 N–H and O–H groups in total. The van der Waals surface area contributed by atoms with Gasteiger partial charge in [0.2, 0.25) is 5.95 Å². The number of fused-ring (bicyclic) bond motifs is 1. The number of H-pyrrole nitrogens is 1. The fourth-order valence-corrected chi connectivity index (χ4v) is 5.69. The number of likely N-dealkylation sites (tertiary alicyclic amines) is 1. The van der Waals surface area contributed by atoms with Crippen LogP contribution in [-0.2, 0) is 10.9 Å². The molecule has 1 saturated heterocycles. The number of carbonyl (C=O) groups excluding carboxylic acids is 1. The molecular formula is C26H26BrF3N6O2. The molecular weight excluding hydrogens is 565 g/mol. The number of nitriles is 1. The molecule has 2 unspecified atom stereocenters. The zero-order chi connectivity index (χ0) is 27.5. The molecule has 2 fully saturated rings. The lowest BCUT2D eigenvalue weighted by molar-refractivity contribution is -0.137. The van der Waals surface area contributed by atoms with Gasteiger partial charge in [0.15, 0.2) is 0 Å². The van der Waals surface area contributed by atoms with E-state index >= 15 is 0 Å². The molecule has 1 saturated carbocycles. The summed E-state index contributed by atoms with van der Waals surface area (Å²) in [6.45, 7) is 7.20. The van der Waals surface area contributed by atoms with Crippen LogP contribution in [-0.4, -0.2) is 51.2 Å². The monoisotopic (exact) mass is 590 g/mol. The number of aromatic amines is 1. The molecule has 200 valence electrons. The second-order valence-corrected chi connectivity index (χ2v) is 11.7. The van der Waals surface area contributed by atoms with Gasteiger partial charge in [0.25, 0.3) is 0 Å². The molecule has 2 atom stereocenters. The number of ether oxygens (including phenoxy) is 1. The minimum absolute atomic E-state index is 0.0137. The number of carbonyl (C=O) groups is 1. The van der Waals surface area contributed by atoms with E-state index in [4.69, 9.17) is 4.74 Å². The van der Waals surface area contributed by atoms with Gasteiger partial charge in [-0.1, -0.05) is 6.07 Å². The predicted molar refractivity (Wildman–Crippen MR) is 138 cm³/mol. The number of anilines is 1. The van der Waals surface area contributed by atoms with Crippen molar-refractivity contribution >= 4 is 38.9 Å². The Bertz CT molecular complexity index is 1460. The first-order chi connectivity index (χ1) is 17.8. The van der Waals surface area contributed by atoms with Crippen LogP contribution in [0.1, 0.15) is 44.7 Å². The number of halogens is 4. The maximum Gasteiger partial charge on any atom is 0.419 e. The zero-order valence-electron chi connectivity index (χ0n) is 21.0. The van der Waals surface area contributed by atoms with Crippen molar-refractivity contribution in [2.24, 2.45) is 11.3 Å². The van der Waals surface area contributed by atoms with Gasteiger partial charge in [0.05, 0.1) is 21.2 Å². The minimum atomic E-state index is -4.66. The number of aromatic nitrogens is 3. The SMILES string of the molecule is CC(C)(C)OC(=O)N1CCC2(CC2CNc2ncc(C(F)(F)F)c(-c3c[nH]c4c(Br)c(C#N)ccc34)n2)C1. The quantitative estimate of drug-likeness (QED) is 0.367. The van der Waals surface area contributed by atoms with Crippen molar-refractivity contribution in [3.63, 3.8) is 0 Å². The fourth-order valence-electron chi connectivity index (χ4n) is 5.14. The van der Waals surface area contributed by atoms with Crippen LogP contribution in [0.25, 0.3) is 22.2 Å². The molecule has 3 heterocycles. The lowest BCUT2D eigenvalue weighted by Crippen LogP contribution is -2.35. The molecule has 8 nitrogen and oxygen atoms in total. The molecule has 2 aliphatic rings. The number of amides is 1. The average molecular weight is 591 g/mol. The second kappa shape index (κ2) is 9.15. The van der Waals surface area contributed by atoms with Crippen molar-refractivity contribution in [3.05, 3.63) is 40.1 Å². The number of nitrogens with one attached hydrogen (secondary N) is 2. The average Bonchev–Trinajstić information content (AvgIpc) is 3.14. The molecule has 38 heavy (non-hydrogen) atoms. The standard InChI is InChI=1S/C26H26BrF3N6O2/c1-24(2,3)38-23(37)36-7-6-25(13-36)8-15(25)10-33-22-34-12-18(26(28,29)30)20(35-22)17-11-32-21-16(17)5-4-14(9-31)19(21)27/h4-5,11-12,15,32H,6-8,10,13H2,1-3H3,(H,33,34,35). The van der Waals surface area contributed by atoms with E-state index in [-0.39, 0.29) is 34.6 Å². The summed E-state index contributed by atoms with van der Waals surface area (Å²) in [5, 5.41) is 12.9. The maximum absolute atomic E-state index is 13.9. The molecule has 2 aromatic heterocycles. The summed E-state index contributed by atoms with van der Waals surface area (Å²) in [6, 6.07) is 5.19. The molecule has 1 aliphatic carbocycles. The first-order valence-corrected chi connectivity index (χ1v) is 13.0. The highest BCUT2D eigenvalue weighted by Crippen LogP contribution is 2.58. The number of hydrogen-bond acceptors (Lipinski definition) is 6. The Morgan fingerprint density at radius 3 is 2.82 bits per heavy atom. The van der Waals surface area contributed by atoms with Gasteiger partial charge < -0.3 is 19.9 Å². The van der Waals surface area contributed by atoms with E-state index in [1.807, 2.05) is 26.8 Å². The van der Waals surface area contributed by atoms with Crippen molar-refractivity contribution in [2.45, 2.75) is 45.4 Å². The summed E-state index contributed by atoms with van der Waals surface area (Å²) in [5.41, 5.74) is -0.641. The highest BCUT2D eigenvalue weighted by atomic mass is 79.9. The first kappa shape index (κ1) is 26.3. The molecule has 0 bridgehead atoms. The smallest absolute Gasteiger partial charge is 0.419 e. The third-order valence-corrected chi connectivity index (χ3v) is 7.99. The van der Waals surface area contributed by atoms with Gasteiger partial charge >= 0.3 is 12.3 Å². The van der Waals surface area contributed by atoms with E-state index in [1.165, 1.54) is 6.20 Å². The van der Waals surface area contributed by atoms with Crippen LogP contribution >= 0.6 is 15.9 Å². The van der Waals surface area contributed by atoms with Crippen molar-refractivity contribution < 1.29 is 22.7 Å². The van der Waals surface area contributed by atoms with Gasteiger partial charge in [0.1, 0.15) is 17.2 Å². The normalized spacial score (nSPS) is 21.1. The largest absolute Gasteiger partial charge is 0.444 e. The molecule has 1 aliphatic heterocycles. The van der Waals surface area contributed by atoms with Crippen LogP contribution in [0.5, 0.6) is 0 Å². The Morgan fingerprint density at radius 1 is 1.37 bits per heavy atom. The second-order valence-electron chi connectivity index (χ2n) is 10.9. The summed E-state index contributed by atoms with van der Waals surface area (Å²) in [4.78, 5) is 25.3. The molecule has 12 heteroatoms. The van der Waals surface area contributed by atoms with E-state index in [0.717, 1.165) is 19.0 Å². The van der Waals surface area contributed by atoms with Crippen LogP contribution in [0.15, 0.2) is 29.0 Å². The first-order valence-electron chi connectivity index (χ1n) is 12.2. The Kier molecular flexibility index (Phi) is 6.33. The van der Waals surface area contributed by atoms with E-state index < -0.39 is 17.3 Å². The number of rotatable bonds is 4. The molecule has 3 aromatic rings. The van der Waals surface area contributed by atoms with Gasteiger partial charge in [-0.3, -0.25) is 0 Å². The van der Waals surface area contributed by atoms with Crippen molar-refractivity contribution in [1.82, 2.24) is 19.9 Å². The van der Waals surface area contributed by atoms with Crippen molar-refractivity contribution in [1.29, 1.82) is 5.26 Å². The topological polar surface area (TPSA) is 107 Å². The van der Waals surface area contributed by atoms with Gasteiger partial charge in [-0.15, -0.1) is 0 Å². The van der Waals surface area contributed by atoms with E-state index in [0.29, 0.717) is 40.6 Å². The lowest BCUT2D eigenvalue weighted by Gasteiger charge is -2.24. The molecule has 1 spiro atoms. The summed E-state index contributed by atoms with van der Waals surface area (Å²) >= 11 is 3.35. The molecule has 0 radical (unpaired) electrons. The van der Waals surface area contributed by atoms with Crippen LogP contribution in [0, 0.1) is 22.7 Å². The van der Waals surface area contributed by atoms with Crippen LogP contribution in [0.3, 0.4) is 0 Å². The highest BCUT2D eigenvalue weighted by Gasteiger charge is 2.58. The number of nitrogens with zero attached hydrogens (tertiary/aromatic N) is 4. The van der Waals surface area contributed by atoms with Gasteiger partial charge in [-0.05, 0) is 66.9 Å². The maximum atomic E-state index is 13.9.